The average molecular weight is 335 g/mol. The third kappa shape index (κ3) is 4.96. The molecule has 0 radical (unpaired) electrons. The molecule has 1 heterocycles. The fraction of sp³-hybridized carbons (Fsp3) is 0.267. The van der Waals surface area contributed by atoms with Crippen molar-refractivity contribution in [2.45, 2.75) is 20.3 Å². The van der Waals surface area contributed by atoms with E-state index in [1.165, 1.54) is 17.4 Å². The van der Waals surface area contributed by atoms with Gasteiger partial charge in [-0.2, -0.15) is 0 Å². The number of urea groups is 1. The first-order valence-electron chi connectivity index (χ1n) is 6.95. The van der Waals surface area contributed by atoms with Crippen LogP contribution < -0.4 is 10.6 Å². The van der Waals surface area contributed by atoms with Crippen LogP contribution in [0, 0.1) is 6.92 Å². The van der Waals surface area contributed by atoms with Crippen molar-refractivity contribution in [3.05, 3.63) is 34.8 Å². The van der Waals surface area contributed by atoms with E-state index in [9.17, 15) is 14.7 Å². The summed E-state index contributed by atoms with van der Waals surface area (Å²) in [5, 5.41) is 16.7. The molecule has 0 unspecified atom stereocenters. The molecule has 0 spiro atoms. The topological polar surface area (TPSA) is 101 Å². The van der Waals surface area contributed by atoms with Crippen LogP contribution in [0.25, 0.3) is 0 Å². The first-order chi connectivity index (χ1) is 11.0. The summed E-state index contributed by atoms with van der Waals surface area (Å²) in [5.74, 6) is -0.217. The number of esters is 1. The van der Waals surface area contributed by atoms with Gasteiger partial charge in [0.05, 0.1) is 18.7 Å². The number of carbonyl (C=O) groups is 2. The number of hydrogen-bond acceptors (Lipinski definition) is 6. The number of phenols is 1. The quantitative estimate of drug-likeness (QED) is 0.576. The molecule has 0 fully saturated rings. The van der Waals surface area contributed by atoms with E-state index >= 15 is 0 Å². The first kappa shape index (κ1) is 16.8. The highest BCUT2D eigenvalue weighted by molar-refractivity contribution is 7.13. The van der Waals surface area contributed by atoms with Gasteiger partial charge in [0.15, 0.2) is 5.13 Å². The molecule has 2 rings (SSSR count). The van der Waals surface area contributed by atoms with Gasteiger partial charge in [0.2, 0.25) is 0 Å². The molecule has 0 aliphatic carbocycles. The van der Waals surface area contributed by atoms with E-state index in [2.05, 4.69) is 15.6 Å². The van der Waals surface area contributed by atoms with Crippen molar-refractivity contribution in [1.29, 1.82) is 0 Å². The number of aromatic nitrogens is 1. The average Bonchev–Trinajstić information content (AvgIpc) is 2.89. The Labute approximate surface area is 137 Å². The number of phenolic OH excluding ortho intramolecular Hbond substituents is 1. The molecule has 1 aromatic carbocycles. The van der Waals surface area contributed by atoms with E-state index in [-0.39, 0.29) is 18.1 Å². The van der Waals surface area contributed by atoms with Gasteiger partial charge in [0.1, 0.15) is 5.75 Å². The van der Waals surface area contributed by atoms with E-state index in [0.29, 0.717) is 23.1 Å². The van der Waals surface area contributed by atoms with Crippen LogP contribution in [0.1, 0.15) is 18.2 Å². The monoisotopic (exact) mass is 335 g/mol. The number of nitrogens with zero attached hydrogens (tertiary/aromatic N) is 1. The fourth-order valence-corrected chi connectivity index (χ4v) is 2.55. The predicted molar refractivity (Wildman–Crippen MR) is 87.9 cm³/mol. The van der Waals surface area contributed by atoms with Crippen molar-refractivity contribution in [3.8, 4) is 5.75 Å². The maximum Gasteiger partial charge on any atom is 0.325 e. The highest BCUT2D eigenvalue weighted by Crippen LogP contribution is 2.21. The Bertz CT molecular complexity index is 714. The normalized spacial score (nSPS) is 10.2. The number of aromatic hydroxyl groups is 1. The molecule has 122 valence electrons. The number of amides is 2. The minimum absolute atomic E-state index is 0.0741. The number of rotatable bonds is 5. The SMILES string of the molecule is CCOC(=O)Cc1csc(NC(=O)Nc2ccc(O)cc2C)n1. The van der Waals surface area contributed by atoms with Crippen molar-refractivity contribution in [3.63, 3.8) is 0 Å². The van der Waals surface area contributed by atoms with Crippen LogP contribution in [-0.2, 0) is 16.0 Å². The Morgan fingerprint density at radius 3 is 2.83 bits per heavy atom. The van der Waals surface area contributed by atoms with Gasteiger partial charge in [-0.25, -0.2) is 9.78 Å². The van der Waals surface area contributed by atoms with E-state index in [4.69, 9.17) is 4.74 Å². The fourth-order valence-electron chi connectivity index (χ4n) is 1.84. The predicted octanol–water partition coefficient (Wildman–Crippen LogP) is 2.91. The summed E-state index contributed by atoms with van der Waals surface area (Å²) < 4.78 is 4.84. The second-order valence-corrected chi connectivity index (χ2v) is 5.56. The summed E-state index contributed by atoms with van der Waals surface area (Å²) in [4.78, 5) is 27.5. The molecule has 8 heteroatoms. The van der Waals surface area contributed by atoms with Crippen molar-refractivity contribution in [2.75, 3.05) is 17.2 Å². The molecule has 23 heavy (non-hydrogen) atoms. The number of ether oxygens (including phenoxy) is 1. The lowest BCUT2D eigenvalue weighted by Crippen LogP contribution is -2.20. The molecule has 0 aliphatic heterocycles. The Balaban J connectivity index is 1.93. The molecule has 0 saturated heterocycles. The maximum atomic E-state index is 11.9. The van der Waals surface area contributed by atoms with Crippen LogP contribution >= 0.6 is 11.3 Å². The summed E-state index contributed by atoms with van der Waals surface area (Å²) in [6.45, 7) is 3.83. The van der Waals surface area contributed by atoms with E-state index < -0.39 is 6.03 Å². The Morgan fingerprint density at radius 1 is 1.35 bits per heavy atom. The lowest BCUT2D eigenvalue weighted by molar-refractivity contribution is -0.142. The van der Waals surface area contributed by atoms with Crippen LogP contribution in [0.3, 0.4) is 0 Å². The van der Waals surface area contributed by atoms with Gasteiger partial charge in [0, 0.05) is 11.1 Å². The Morgan fingerprint density at radius 2 is 2.13 bits per heavy atom. The third-order valence-corrected chi connectivity index (χ3v) is 3.67. The molecule has 0 aliphatic rings. The third-order valence-electron chi connectivity index (χ3n) is 2.86. The van der Waals surface area contributed by atoms with Crippen LogP contribution in [-0.4, -0.2) is 28.7 Å². The standard InChI is InChI=1S/C15H17N3O4S/c1-3-22-13(20)7-10-8-23-15(16-10)18-14(21)17-12-5-4-11(19)6-9(12)2/h4-6,8,19H,3,7H2,1-2H3,(H2,16,17,18,21). The van der Waals surface area contributed by atoms with Crippen molar-refractivity contribution < 1.29 is 19.4 Å². The molecule has 2 aromatic rings. The van der Waals surface area contributed by atoms with Crippen LogP contribution in [0.5, 0.6) is 5.75 Å². The van der Waals surface area contributed by atoms with Gasteiger partial charge < -0.3 is 15.2 Å². The Hall–Kier alpha value is -2.61. The van der Waals surface area contributed by atoms with Crippen LogP contribution in [0.2, 0.25) is 0 Å². The lowest BCUT2D eigenvalue weighted by Gasteiger charge is -2.08. The zero-order chi connectivity index (χ0) is 16.8. The molecular formula is C15H17N3O4S. The summed E-state index contributed by atoms with van der Waals surface area (Å²) in [6, 6.07) is 4.20. The highest BCUT2D eigenvalue weighted by atomic mass is 32.1. The van der Waals surface area contributed by atoms with Gasteiger partial charge in [-0.1, -0.05) is 0 Å². The highest BCUT2D eigenvalue weighted by Gasteiger charge is 2.11. The zero-order valence-corrected chi connectivity index (χ0v) is 13.6. The molecular weight excluding hydrogens is 318 g/mol. The van der Waals surface area contributed by atoms with Crippen molar-refractivity contribution >= 4 is 34.2 Å². The summed E-state index contributed by atoms with van der Waals surface area (Å²) in [7, 11) is 0. The van der Waals surface area contributed by atoms with Crippen molar-refractivity contribution in [2.24, 2.45) is 0 Å². The molecule has 7 nitrogen and oxygen atoms in total. The molecule has 1 aromatic heterocycles. The van der Waals surface area contributed by atoms with Crippen molar-refractivity contribution in [1.82, 2.24) is 4.98 Å². The number of aryl methyl sites for hydroxylation is 1. The molecule has 0 saturated carbocycles. The number of benzene rings is 1. The van der Waals surface area contributed by atoms with E-state index in [1.54, 1.807) is 31.4 Å². The molecule has 0 bridgehead atoms. The summed E-state index contributed by atoms with van der Waals surface area (Å²) in [6.07, 6.45) is 0.0741. The van der Waals surface area contributed by atoms with Crippen LogP contribution in [0.15, 0.2) is 23.6 Å². The van der Waals surface area contributed by atoms with E-state index in [1.807, 2.05) is 0 Å². The largest absolute Gasteiger partial charge is 0.508 e. The minimum Gasteiger partial charge on any atom is -0.508 e. The summed E-state index contributed by atoms with van der Waals surface area (Å²) in [5.41, 5.74) is 1.87. The van der Waals surface area contributed by atoms with Crippen LogP contribution in [0.4, 0.5) is 15.6 Å². The second-order valence-electron chi connectivity index (χ2n) is 4.70. The maximum absolute atomic E-state index is 11.9. The van der Waals surface area contributed by atoms with Gasteiger partial charge in [-0.3, -0.25) is 10.1 Å². The minimum atomic E-state index is -0.448. The summed E-state index contributed by atoms with van der Waals surface area (Å²) >= 11 is 1.22. The van der Waals surface area contributed by atoms with E-state index in [0.717, 1.165) is 5.56 Å². The smallest absolute Gasteiger partial charge is 0.325 e. The number of thiazole rings is 1. The number of carbonyl (C=O) groups excluding carboxylic acids is 2. The number of hydrogen-bond donors (Lipinski definition) is 3. The van der Waals surface area contributed by atoms with Gasteiger partial charge in [0.25, 0.3) is 0 Å². The second kappa shape index (κ2) is 7.59. The van der Waals surface area contributed by atoms with Gasteiger partial charge in [-0.15, -0.1) is 11.3 Å². The van der Waals surface area contributed by atoms with Gasteiger partial charge >= 0.3 is 12.0 Å². The molecule has 3 N–H and O–H groups in total. The van der Waals surface area contributed by atoms with Gasteiger partial charge in [-0.05, 0) is 37.6 Å². The Kier molecular flexibility index (Phi) is 5.53. The lowest BCUT2D eigenvalue weighted by atomic mass is 10.2. The zero-order valence-electron chi connectivity index (χ0n) is 12.8. The number of anilines is 2. The first-order valence-corrected chi connectivity index (χ1v) is 7.83. The molecule has 0 atom stereocenters. The molecule has 2 amide bonds. The number of nitrogens with one attached hydrogen (secondary N) is 2.